The largest absolute Gasteiger partial charge is 0.334 e. The normalized spacial score (nSPS) is 19.9. The fourth-order valence-electron chi connectivity index (χ4n) is 1.77. The molecule has 0 aliphatic carbocycles. The van der Waals surface area contributed by atoms with E-state index in [1.807, 2.05) is 6.08 Å². The van der Waals surface area contributed by atoms with Gasteiger partial charge in [0.25, 0.3) is 10.0 Å². The number of sulfonamides is 1. The van der Waals surface area contributed by atoms with Crippen LogP contribution in [0.25, 0.3) is 0 Å². The maximum Gasteiger partial charge on any atom is 0.257 e. The Morgan fingerprint density at radius 2 is 1.95 bits per heavy atom. The molecule has 0 amide bonds. The van der Waals surface area contributed by atoms with Crippen LogP contribution in [0.3, 0.4) is 0 Å². The fraction of sp³-hybridized carbons (Fsp3) is 0.333. The molecule has 0 aromatic heterocycles. The van der Waals surface area contributed by atoms with Gasteiger partial charge >= 0.3 is 0 Å². The average molecular weight is 303 g/mol. The Morgan fingerprint density at radius 3 is 2.53 bits per heavy atom. The topological polar surface area (TPSA) is 62.6 Å². The minimum atomic E-state index is -3.56. The van der Waals surface area contributed by atoms with E-state index in [2.05, 4.69) is 17.3 Å². The van der Waals surface area contributed by atoms with Crippen molar-refractivity contribution in [2.75, 3.05) is 20.1 Å². The van der Waals surface area contributed by atoms with E-state index in [1.165, 1.54) is 17.0 Å². The van der Waals surface area contributed by atoms with Crippen molar-refractivity contribution in [1.82, 2.24) is 10.3 Å². The van der Waals surface area contributed by atoms with E-state index in [0.29, 0.717) is 5.02 Å². The van der Waals surface area contributed by atoms with Gasteiger partial charge in [0.1, 0.15) is 0 Å². The van der Waals surface area contributed by atoms with Gasteiger partial charge in [-0.3, -0.25) is 0 Å². The van der Waals surface area contributed by atoms with Crippen LogP contribution in [0.1, 0.15) is 6.42 Å². The summed E-state index contributed by atoms with van der Waals surface area (Å²) in [6.45, 7) is 1.88. The lowest BCUT2D eigenvalue weighted by Crippen LogP contribution is -3.09. The highest BCUT2D eigenvalue weighted by atomic mass is 35.5. The van der Waals surface area contributed by atoms with Crippen LogP contribution in [0, 0.1) is 0 Å². The lowest BCUT2D eigenvalue weighted by molar-refractivity contribution is -0.875. The van der Waals surface area contributed by atoms with Crippen LogP contribution < -0.4 is 15.2 Å². The van der Waals surface area contributed by atoms with E-state index in [4.69, 9.17) is 11.6 Å². The summed E-state index contributed by atoms with van der Waals surface area (Å²) in [5, 5.41) is 0.507. The molecule has 1 aromatic rings. The predicted molar refractivity (Wildman–Crippen MR) is 74.2 cm³/mol. The molecule has 1 atom stereocenters. The number of hydrogen-bond donors (Lipinski definition) is 3. The predicted octanol–water partition coefficient (Wildman–Crippen LogP) is -0.0748. The molecule has 1 aliphatic rings. The van der Waals surface area contributed by atoms with E-state index in [9.17, 15) is 8.42 Å². The molecule has 1 aromatic carbocycles. The van der Waals surface area contributed by atoms with Crippen molar-refractivity contribution in [3.8, 4) is 0 Å². The molecule has 19 heavy (non-hydrogen) atoms. The molecule has 1 unspecified atom stereocenters. The van der Waals surface area contributed by atoms with Gasteiger partial charge in [0.05, 0.1) is 25.0 Å². The van der Waals surface area contributed by atoms with Crippen LogP contribution in [-0.2, 0) is 10.0 Å². The van der Waals surface area contributed by atoms with Gasteiger partial charge < -0.3 is 10.3 Å². The summed E-state index contributed by atoms with van der Waals surface area (Å²) in [5.41, 5.74) is 3.68. The second-order valence-electron chi connectivity index (χ2n) is 4.58. The number of rotatable bonds is 4. The molecule has 0 saturated carbocycles. The summed E-state index contributed by atoms with van der Waals surface area (Å²) in [5.74, 6) is 0. The minimum absolute atomic E-state index is 0.184. The summed E-state index contributed by atoms with van der Waals surface area (Å²) in [6, 6.07) is 6.04. The van der Waals surface area contributed by atoms with Gasteiger partial charge in [-0.25, -0.2) is 8.42 Å². The Morgan fingerprint density at radius 1 is 1.26 bits per heavy atom. The van der Waals surface area contributed by atoms with E-state index >= 15 is 0 Å². The first-order valence-corrected chi connectivity index (χ1v) is 7.87. The number of nitrogens with one attached hydrogen (secondary N) is 3. The Hall–Kier alpha value is -1.08. The molecule has 104 valence electrons. The first-order chi connectivity index (χ1) is 8.97. The monoisotopic (exact) mass is 302 g/mol. The molecule has 7 heteroatoms. The highest BCUT2D eigenvalue weighted by molar-refractivity contribution is 7.89. The average Bonchev–Trinajstić information content (AvgIpc) is 2.39. The summed E-state index contributed by atoms with van der Waals surface area (Å²) < 4.78 is 24.0. The maximum absolute atomic E-state index is 12.0. The number of quaternary nitrogens is 1. The highest BCUT2D eigenvalue weighted by Crippen LogP contribution is 2.13. The third kappa shape index (κ3) is 3.94. The number of hydrazine groups is 1. The first kappa shape index (κ1) is 14.3. The van der Waals surface area contributed by atoms with Crippen molar-refractivity contribution in [3.63, 3.8) is 0 Å². The third-order valence-electron chi connectivity index (χ3n) is 2.99. The number of halogens is 1. The molecule has 0 spiro atoms. The molecule has 0 fully saturated rings. The van der Waals surface area contributed by atoms with Gasteiger partial charge in [-0.1, -0.05) is 11.6 Å². The summed E-state index contributed by atoms with van der Waals surface area (Å²) in [6.07, 6.45) is 2.83. The van der Waals surface area contributed by atoms with Crippen LogP contribution in [0.5, 0.6) is 0 Å². The van der Waals surface area contributed by atoms with Gasteiger partial charge in [-0.2, -0.15) is 0 Å². The van der Waals surface area contributed by atoms with Crippen molar-refractivity contribution in [1.29, 1.82) is 0 Å². The van der Waals surface area contributed by atoms with E-state index < -0.39 is 10.0 Å². The molecule has 2 rings (SSSR count). The smallest absolute Gasteiger partial charge is 0.257 e. The standard InChI is InChI=1S/C12H16ClN3O2S/c1-16-8-6-11(7-9-16)14-15-19(17,18)12-4-2-10(13)3-5-12/h2-6,14-15H,7-9H2,1H3/p+1. The second-order valence-corrected chi connectivity index (χ2v) is 6.69. The number of benzene rings is 1. The first-order valence-electron chi connectivity index (χ1n) is 6.01. The van der Waals surface area contributed by atoms with Gasteiger partial charge in [-0.05, 0) is 30.3 Å². The minimum Gasteiger partial charge on any atom is -0.334 e. The molecular formula is C12H17ClN3O2S+. The zero-order valence-electron chi connectivity index (χ0n) is 10.6. The lowest BCUT2D eigenvalue weighted by atomic mass is 10.2. The second kappa shape index (κ2) is 5.92. The van der Waals surface area contributed by atoms with Crippen molar-refractivity contribution in [2.45, 2.75) is 11.3 Å². The van der Waals surface area contributed by atoms with E-state index in [1.54, 1.807) is 12.1 Å². The van der Waals surface area contributed by atoms with Crippen LogP contribution in [0.15, 0.2) is 40.9 Å². The molecule has 0 radical (unpaired) electrons. The van der Waals surface area contributed by atoms with Gasteiger partial charge in [0, 0.05) is 17.1 Å². The van der Waals surface area contributed by atoms with Crippen molar-refractivity contribution >= 4 is 21.6 Å². The molecular weight excluding hydrogens is 286 g/mol. The third-order valence-corrected chi connectivity index (χ3v) is 4.50. The van der Waals surface area contributed by atoms with Gasteiger partial charge in [0.2, 0.25) is 0 Å². The Bertz CT molecular complexity index is 569. The van der Waals surface area contributed by atoms with Crippen LogP contribution in [0.4, 0.5) is 0 Å². The van der Waals surface area contributed by atoms with Gasteiger partial charge in [0.15, 0.2) is 0 Å². The van der Waals surface area contributed by atoms with Crippen molar-refractivity contribution < 1.29 is 13.3 Å². The molecule has 0 saturated heterocycles. The quantitative estimate of drug-likeness (QED) is 0.682. The number of likely N-dealkylation sites (N-methyl/N-ethyl adjacent to an activating group) is 1. The van der Waals surface area contributed by atoms with Crippen molar-refractivity contribution in [2.24, 2.45) is 0 Å². The van der Waals surface area contributed by atoms with Gasteiger partial charge in [-0.15, -0.1) is 4.83 Å². The van der Waals surface area contributed by atoms with E-state index in [-0.39, 0.29) is 4.90 Å². The summed E-state index contributed by atoms with van der Waals surface area (Å²) in [4.78, 5) is 3.97. The molecule has 0 bridgehead atoms. The zero-order chi connectivity index (χ0) is 13.9. The summed E-state index contributed by atoms with van der Waals surface area (Å²) in [7, 11) is -1.45. The molecule has 5 nitrogen and oxygen atoms in total. The van der Waals surface area contributed by atoms with Crippen LogP contribution in [0.2, 0.25) is 5.02 Å². The van der Waals surface area contributed by atoms with Crippen molar-refractivity contribution in [3.05, 3.63) is 41.1 Å². The Kier molecular flexibility index (Phi) is 4.46. The van der Waals surface area contributed by atoms with E-state index in [0.717, 1.165) is 25.2 Å². The lowest BCUT2D eigenvalue weighted by Gasteiger charge is -2.20. The Labute approximate surface area is 118 Å². The zero-order valence-corrected chi connectivity index (χ0v) is 12.2. The number of hydrogen-bond acceptors (Lipinski definition) is 3. The Balaban J connectivity index is 2.00. The van der Waals surface area contributed by atoms with Crippen LogP contribution >= 0.6 is 11.6 Å². The van der Waals surface area contributed by atoms with Crippen LogP contribution in [-0.4, -0.2) is 28.6 Å². The molecule has 1 heterocycles. The molecule has 1 aliphatic heterocycles. The maximum atomic E-state index is 12.0. The summed E-state index contributed by atoms with van der Waals surface area (Å²) >= 11 is 5.73. The highest BCUT2D eigenvalue weighted by Gasteiger charge is 2.16. The fourth-order valence-corrected chi connectivity index (χ4v) is 2.77. The molecule has 3 N–H and O–H groups in total. The SMILES string of the molecule is C[NH+]1CC=C(NNS(=O)(=O)c2ccc(Cl)cc2)CC1.